The molecule has 1 amide bonds. The largest absolute Gasteiger partial charge is 0.368 e. The number of primary amides is 1. The van der Waals surface area contributed by atoms with E-state index in [1.54, 1.807) is 18.3 Å². The van der Waals surface area contributed by atoms with Crippen LogP contribution >= 0.6 is 0 Å². The summed E-state index contributed by atoms with van der Waals surface area (Å²) in [7, 11) is 0. The highest BCUT2D eigenvalue weighted by molar-refractivity contribution is 5.73. The van der Waals surface area contributed by atoms with Crippen molar-refractivity contribution in [3.05, 3.63) is 35.0 Å². The zero-order chi connectivity index (χ0) is 10.1. The average Bonchev–Trinajstić information content (AvgIpc) is 2.57. The maximum atomic E-state index is 11.6. The van der Waals surface area contributed by atoms with Crippen molar-refractivity contribution in [2.75, 3.05) is 0 Å². The highest BCUT2D eigenvalue weighted by atomic mass is 16.2. The molecule has 0 saturated heterocycles. The molecule has 0 radical (unpaired) electrons. The van der Waals surface area contributed by atoms with Crippen molar-refractivity contribution in [3.8, 4) is 0 Å². The fourth-order valence-corrected chi connectivity index (χ4v) is 1.23. The van der Waals surface area contributed by atoms with E-state index in [0.717, 1.165) is 4.68 Å². The second-order valence-corrected chi connectivity index (χ2v) is 2.85. The van der Waals surface area contributed by atoms with E-state index >= 15 is 0 Å². The molecule has 6 nitrogen and oxygen atoms in total. The highest BCUT2D eigenvalue weighted by Gasteiger charge is 2.04. The summed E-state index contributed by atoms with van der Waals surface area (Å²) in [5.41, 5.74) is 5.29. The molecule has 14 heavy (non-hydrogen) atoms. The van der Waals surface area contributed by atoms with E-state index < -0.39 is 5.91 Å². The lowest BCUT2D eigenvalue weighted by Gasteiger charge is -2.01. The summed E-state index contributed by atoms with van der Waals surface area (Å²) >= 11 is 0. The van der Waals surface area contributed by atoms with E-state index in [2.05, 4.69) is 5.10 Å². The van der Waals surface area contributed by atoms with Crippen LogP contribution in [0, 0.1) is 0 Å². The highest BCUT2D eigenvalue weighted by Crippen LogP contribution is 1.96. The number of aromatic nitrogens is 3. The van der Waals surface area contributed by atoms with Crippen LogP contribution in [0.4, 0.5) is 0 Å². The third-order valence-electron chi connectivity index (χ3n) is 1.84. The lowest BCUT2D eigenvalue weighted by Crippen LogP contribution is -2.33. The minimum Gasteiger partial charge on any atom is -0.368 e. The van der Waals surface area contributed by atoms with Gasteiger partial charge in [-0.1, -0.05) is 0 Å². The molecule has 0 fully saturated rings. The van der Waals surface area contributed by atoms with Crippen molar-refractivity contribution >= 4 is 11.4 Å². The van der Waals surface area contributed by atoms with E-state index in [1.807, 2.05) is 0 Å². The van der Waals surface area contributed by atoms with Crippen molar-refractivity contribution in [3.63, 3.8) is 0 Å². The lowest BCUT2D eigenvalue weighted by atomic mass is 10.5. The standard InChI is InChI=1S/C8H8N4O2/c9-7(13)5-12-8(14)11-3-1-2-6(11)4-10-12/h1-4H,5H2,(H2,9,13). The SMILES string of the molecule is NC(=O)Cn1ncc2cccn2c1=O. The van der Waals surface area contributed by atoms with Gasteiger partial charge >= 0.3 is 5.69 Å². The molecule has 0 saturated carbocycles. The van der Waals surface area contributed by atoms with Crippen molar-refractivity contribution < 1.29 is 4.79 Å². The number of hydrogen-bond acceptors (Lipinski definition) is 3. The number of rotatable bonds is 2. The van der Waals surface area contributed by atoms with Gasteiger partial charge in [0.05, 0.1) is 11.7 Å². The number of carbonyl (C=O) groups excluding carboxylic acids is 1. The van der Waals surface area contributed by atoms with Gasteiger partial charge in [-0.15, -0.1) is 0 Å². The predicted molar refractivity (Wildman–Crippen MR) is 48.6 cm³/mol. The lowest BCUT2D eigenvalue weighted by molar-refractivity contribution is -0.118. The van der Waals surface area contributed by atoms with Crippen molar-refractivity contribution in [1.82, 2.24) is 14.2 Å². The molecule has 72 valence electrons. The molecule has 0 aliphatic heterocycles. The van der Waals surface area contributed by atoms with Crippen LogP contribution in [0.2, 0.25) is 0 Å². The van der Waals surface area contributed by atoms with Gasteiger partial charge in [0.2, 0.25) is 5.91 Å². The first-order valence-corrected chi connectivity index (χ1v) is 4.00. The van der Waals surface area contributed by atoms with E-state index in [9.17, 15) is 9.59 Å². The van der Waals surface area contributed by atoms with Crippen LogP contribution in [0.3, 0.4) is 0 Å². The van der Waals surface area contributed by atoms with Crippen LogP contribution in [0.25, 0.3) is 5.52 Å². The quantitative estimate of drug-likeness (QED) is 0.661. The van der Waals surface area contributed by atoms with Crippen molar-refractivity contribution in [2.45, 2.75) is 6.54 Å². The van der Waals surface area contributed by atoms with Crippen LogP contribution in [-0.4, -0.2) is 20.1 Å². The van der Waals surface area contributed by atoms with Crippen LogP contribution < -0.4 is 11.4 Å². The first-order valence-electron chi connectivity index (χ1n) is 4.00. The van der Waals surface area contributed by atoms with Gasteiger partial charge in [0.1, 0.15) is 6.54 Å². The molecule has 2 N–H and O–H groups in total. The summed E-state index contributed by atoms with van der Waals surface area (Å²) in [4.78, 5) is 22.2. The van der Waals surface area contributed by atoms with E-state index in [0.29, 0.717) is 5.52 Å². The molecular formula is C8H8N4O2. The van der Waals surface area contributed by atoms with E-state index in [1.165, 1.54) is 10.6 Å². The molecule has 6 heteroatoms. The Labute approximate surface area is 78.6 Å². The van der Waals surface area contributed by atoms with Gasteiger partial charge < -0.3 is 5.73 Å². The number of carbonyl (C=O) groups is 1. The maximum Gasteiger partial charge on any atom is 0.349 e. The van der Waals surface area contributed by atoms with Crippen LogP contribution in [0.5, 0.6) is 0 Å². The van der Waals surface area contributed by atoms with Crippen LogP contribution in [0.15, 0.2) is 29.3 Å². The second-order valence-electron chi connectivity index (χ2n) is 2.85. The molecular weight excluding hydrogens is 184 g/mol. The number of nitrogens with zero attached hydrogens (tertiary/aromatic N) is 3. The van der Waals surface area contributed by atoms with Gasteiger partial charge in [-0.25, -0.2) is 9.48 Å². The molecule has 0 unspecified atom stereocenters. The Morgan fingerprint density at radius 2 is 2.36 bits per heavy atom. The molecule has 2 aromatic heterocycles. The molecule has 0 atom stereocenters. The average molecular weight is 192 g/mol. The van der Waals surface area contributed by atoms with Gasteiger partial charge in [0, 0.05) is 6.20 Å². The summed E-state index contributed by atoms with van der Waals surface area (Å²) in [6.07, 6.45) is 3.11. The molecule has 2 aromatic rings. The molecule has 0 aliphatic carbocycles. The summed E-state index contributed by atoms with van der Waals surface area (Å²) in [6, 6.07) is 3.48. The fraction of sp³-hybridized carbons (Fsp3) is 0.125. The van der Waals surface area contributed by atoms with Gasteiger partial charge in [-0.05, 0) is 12.1 Å². The fourth-order valence-electron chi connectivity index (χ4n) is 1.23. The Balaban J connectivity index is 2.62. The Morgan fingerprint density at radius 1 is 1.57 bits per heavy atom. The minimum absolute atomic E-state index is 0.201. The normalized spacial score (nSPS) is 10.6. The maximum absolute atomic E-state index is 11.6. The van der Waals surface area contributed by atoms with Gasteiger partial charge in [0.15, 0.2) is 0 Å². The molecule has 2 heterocycles. The number of hydrogen-bond donors (Lipinski definition) is 1. The molecule has 0 bridgehead atoms. The summed E-state index contributed by atoms with van der Waals surface area (Å²) in [5.74, 6) is -0.592. The first kappa shape index (κ1) is 8.49. The molecule has 0 aromatic carbocycles. The van der Waals surface area contributed by atoms with Crippen molar-refractivity contribution in [1.29, 1.82) is 0 Å². The molecule has 0 aliphatic rings. The third kappa shape index (κ3) is 1.26. The second kappa shape index (κ2) is 2.99. The van der Waals surface area contributed by atoms with Gasteiger partial charge in [-0.2, -0.15) is 5.10 Å². The van der Waals surface area contributed by atoms with E-state index in [-0.39, 0.29) is 12.2 Å². The summed E-state index contributed by atoms with van der Waals surface area (Å²) < 4.78 is 2.42. The Bertz CT molecular complexity index is 540. The number of nitrogens with two attached hydrogens (primary N) is 1. The molecule has 2 rings (SSSR count). The Morgan fingerprint density at radius 3 is 3.07 bits per heavy atom. The summed E-state index contributed by atoms with van der Waals surface area (Å²) in [6.45, 7) is -0.201. The van der Waals surface area contributed by atoms with Crippen LogP contribution in [-0.2, 0) is 11.3 Å². The Hall–Kier alpha value is -2.11. The molecule has 0 spiro atoms. The minimum atomic E-state index is -0.592. The third-order valence-corrected chi connectivity index (χ3v) is 1.84. The monoisotopic (exact) mass is 192 g/mol. The zero-order valence-corrected chi connectivity index (χ0v) is 7.25. The van der Waals surface area contributed by atoms with Crippen molar-refractivity contribution in [2.24, 2.45) is 5.73 Å². The van der Waals surface area contributed by atoms with Gasteiger partial charge in [0.25, 0.3) is 0 Å². The first-order chi connectivity index (χ1) is 6.68. The van der Waals surface area contributed by atoms with E-state index in [4.69, 9.17) is 5.73 Å². The smallest absolute Gasteiger partial charge is 0.349 e. The number of amides is 1. The van der Waals surface area contributed by atoms with Gasteiger partial charge in [-0.3, -0.25) is 9.20 Å². The Kier molecular flexibility index (Phi) is 1.81. The zero-order valence-electron chi connectivity index (χ0n) is 7.25. The topological polar surface area (TPSA) is 82.4 Å². The predicted octanol–water partition coefficient (Wildman–Crippen LogP) is -1.02. The summed E-state index contributed by atoms with van der Waals surface area (Å²) in [5, 5.41) is 3.80. The number of fused-ring (bicyclic) bond motifs is 1. The van der Waals surface area contributed by atoms with Crippen LogP contribution in [0.1, 0.15) is 0 Å².